The van der Waals surface area contributed by atoms with Gasteiger partial charge in [-0.15, -0.1) is 6.42 Å². The Morgan fingerprint density at radius 2 is 1.88 bits per heavy atom. The molecule has 2 aromatic carbocycles. The number of methoxy groups -OCH3 is 2. The van der Waals surface area contributed by atoms with Crippen LogP contribution in [0.15, 0.2) is 51.9 Å². The van der Waals surface area contributed by atoms with Gasteiger partial charge in [-0.1, -0.05) is 23.3 Å². The molecule has 11 heteroatoms. The Morgan fingerprint density at radius 3 is 2.55 bits per heavy atom. The molecule has 0 N–H and O–H groups in total. The number of hydrogen-bond acceptors (Lipinski definition) is 9. The highest BCUT2D eigenvalue weighted by atomic mass is 127. The number of rotatable bonds is 10. The Morgan fingerprint density at radius 1 is 1.12 bits per heavy atom. The molecule has 0 unspecified atom stereocenters. The number of hydrogen-bond donors (Lipinski definition) is 0. The van der Waals surface area contributed by atoms with Crippen LogP contribution in [0.25, 0.3) is 6.08 Å². The summed E-state index contributed by atoms with van der Waals surface area (Å²) in [5.74, 6) is 3.96. The second-order valence-electron chi connectivity index (χ2n) is 8.28. The van der Waals surface area contributed by atoms with Crippen LogP contribution in [0.2, 0.25) is 0 Å². The van der Waals surface area contributed by atoms with Crippen LogP contribution in [-0.2, 0) is 9.53 Å². The van der Waals surface area contributed by atoms with Crippen LogP contribution in [0.5, 0.6) is 23.0 Å². The highest BCUT2D eigenvalue weighted by molar-refractivity contribution is 14.1. The fourth-order valence-electron chi connectivity index (χ4n) is 4.22. The number of fused-ring (bicyclic) bond motifs is 1. The molecule has 0 saturated heterocycles. The molecule has 2 heterocycles. The van der Waals surface area contributed by atoms with E-state index in [1.807, 2.05) is 19.9 Å². The summed E-state index contributed by atoms with van der Waals surface area (Å²) >= 11 is 3.35. The quantitative estimate of drug-likeness (QED) is 0.185. The number of esters is 1. The standard InChI is InChI=1S/C29H27IN2O7S/c1-6-11-39-26-20(30)12-17(13-23(26)35-4)14-24-27(33)32-25(19(28(34)36-5)16-31-29(32)40-24)18-9-10-21(37-7-2)22(15-18)38-8-3/h1,9-10,12-16,25H,7-8,11H2,2-5H3/b24-14-/t25-/m1/s1. The molecule has 9 nitrogen and oxygen atoms in total. The summed E-state index contributed by atoms with van der Waals surface area (Å²) in [5, 5.41) is 0. The lowest BCUT2D eigenvalue weighted by Gasteiger charge is -2.23. The molecule has 208 valence electrons. The van der Waals surface area contributed by atoms with Gasteiger partial charge in [0.15, 0.2) is 27.8 Å². The zero-order chi connectivity index (χ0) is 28.8. The van der Waals surface area contributed by atoms with E-state index in [0.717, 1.165) is 9.13 Å². The minimum absolute atomic E-state index is 0.101. The van der Waals surface area contributed by atoms with Crippen molar-refractivity contribution in [3.05, 3.63) is 76.5 Å². The highest BCUT2D eigenvalue weighted by Crippen LogP contribution is 2.36. The predicted molar refractivity (Wildman–Crippen MR) is 160 cm³/mol. The smallest absolute Gasteiger partial charge is 0.337 e. The number of benzene rings is 2. The van der Waals surface area contributed by atoms with Crippen LogP contribution in [0.1, 0.15) is 31.0 Å². The molecule has 40 heavy (non-hydrogen) atoms. The van der Waals surface area contributed by atoms with E-state index in [2.05, 4.69) is 33.5 Å². The van der Waals surface area contributed by atoms with Crippen molar-refractivity contribution >= 4 is 46.0 Å². The summed E-state index contributed by atoms with van der Waals surface area (Å²) in [6, 6.07) is 8.21. The Hall–Kier alpha value is -3.76. The molecule has 0 saturated carbocycles. The molecule has 0 spiro atoms. The van der Waals surface area contributed by atoms with Gasteiger partial charge in [-0.2, -0.15) is 0 Å². The van der Waals surface area contributed by atoms with Gasteiger partial charge in [0.2, 0.25) is 0 Å². The Labute approximate surface area is 248 Å². The number of carbonyl (C=O) groups excluding carboxylic acids is 1. The average Bonchev–Trinajstić information content (AvgIpc) is 3.27. The summed E-state index contributed by atoms with van der Waals surface area (Å²) in [7, 11) is 2.83. The monoisotopic (exact) mass is 674 g/mol. The van der Waals surface area contributed by atoms with E-state index >= 15 is 0 Å². The second kappa shape index (κ2) is 13.1. The zero-order valence-electron chi connectivity index (χ0n) is 22.4. The van der Waals surface area contributed by atoms with Gasteiger partial charge in [0.05, 0.1) is 47.2 Å². The van der Waals surface area contributed by atoms with Crippen molar-refractivity contribution < 1.29 is 28.5 Å². The lowest BCUT2D eigenvalue weighted by Crippen LogP contribution is -2.39. The Kier molecular flexibility index (Phi) is 9.54. The van der Waals surface area contributed by atoms with Gasteiger partial charge in [0.1, 0.15) is 6.61 Å². The van der Waals surface area contributed by atoms with Crippen molar-refractivity contribution in [1.29, 1.82) is 0 Å². The maximum atomic E-state index is 13.9. The van der Waals surface area contributed by atoms with Crippen LogP contribution >= 0.6 is 33.9 Å². The van der Waals surface area contributed by atoms with E-state index in [-0.39, 0.29) is 17.7 Å². The van der Waals surface area contributed by atoms with Crippen LogP contribution in [0.3, 0.4) is 0 Å². The Balaban J connectivity index is 1.88. The van der Waals surface area contributed by atoms with E-state index < -0.39 is 12.0 Å². The molecule has 1 aromatic heterocycles. The number of halogens is 1. The molecule has 4 rings (SSSR count). The largest absolute Gasteiger partial charge is 0.493 e. The lowest BCUT2D eigenvalue weighted by atomic mass is 9.97. The number of ether oxygens (including phenoxy) is 5. The fourth-order valence-corrected chi connectivity index (χ4v) is 5.97. The normalized spacial score (nSPS) is 14.3. The molecule has 1 atom stereocenters. The van der Waals surface area contributed by atoms with Crippen molar-refractivity contribution in [1.82, 2.24) is 4.57 Å². The third-order valence-electron chi connectivity index (χ3n) is 5.86. The molecule has 1 aliphatic heterocycles. The first-order valence-electron chi connectivity index (χ1n) is 12.3. The predicted octanol–water partition coefficient (Wildman–Crippen LogP) is 3.44. The third kappa shape index (κ3) is 5.88. The SMILES string of the molecule is C#CCOc1c(I)cc(/C=c2\sc3n(c2=O)[C@H](c2ccc(OCC)c(OCC)c2)C(C(=O)OC)=CN=3)cc1OC. The Bertz CT molecular complexity index is 1680. The van der Waals surface area contributed by atoms with Crippen LogP contribution < -0.4 is 33.8 Å². The van der Waals surface area contributed by atoms with Crippen molar-refractivity contribution in [2.45, 2.75) is 19.9 Å². The van der Waals surface area contributed by atoms with Crippen molar-refractivity contribution in [3.63, 3.8) is 0 Å². The van der Waals surface area contributed by atoms with Gasteiger partial charge in [-0.3, -0.25) is 9.36 Å². The minimum atomic E-state index is -0.782. The van der Waals surface area contributed by atoms with E-state index in [4.69, 9.17) is 30.1 Å². The van der Waals surface area contributed by atoms with Gasteiger partial charge in [-0.25, -0.2) is 9.79 Å². The van der Waals surface area contributed by atoms with E-state index in [9.17, 15) is 9.59 Å². The summed E-state index contributed by atoms with van der Waals surface area (Å²) < 4.78 is 30.4. The maximum absolute atomic E-state index is 13.9. The minimum Gasteiger partial charge on any atom is -0.493 e. The summed E-state index contributed by atoms with van der Waals surface area (Å²) in [5.41, 5.74) is 1.29. The molecule has 0 radical (unpaired) electrons. The molecular formula is C29H27IN2O7S. The number of carbonyl (C=O) groups is 1. The molecule has 0 bridgehead atoms. The lowest BCUT2D eigenvalue weighted by molar-refractivity contribution is -0.136. The van der Waals surface area contributed by atoms with Crippen molar-refractivity contribution in [2.24, 2.45) is 4.99 Å². The van der Waals surface area contributed by atoms with E-state index in [0.29, 0.717) is 51.1 Å². The summed E-state index contributed by atoms with van der Waals surface area (Å²) in [4.78, 5) is 31.5. The van der Waals surface area contributed by atoms with Crippen LogP contribution in [-0.4, -0.2) is 44.6 Å². The topological polar surface area (TPSA) is 97.6 Å². The van der Waals surface area contributed by atoms with Gasteiger partial charge in [0.25, 0.3) is 5.56 Å². The number of nitrogens with zero attached hydrogens (tertiary/aromatic N) is 2. The fraction of sp³-hybridized carbons (Fsp3) is 0.276. The third-order valence-corrected chi connectivity index (χ3v) is 7.66. The van der Waals surface area contributed by atoms with E-state index in [1.54, 1.807) is 30.3 Å². The van der Waals surface area contributed by atoms with Crippen LogP contribution in [0, 0.1) is 15.9 Å². The molecular weight excluding hydrogens is 647 g/mol. The number of terminal acetylenes is 1. The molecule has 0 fully saturated rings. The molecule has 1 aliphatic rings. The molecule has 3 aromatic rings. The number of aromatic nitrogens is 1. The first-order valence-corrected chi connectivity index (χ1v) is 14.2. The molecule has 0 aliphatic carbocycles. The summed E-state index contributed by atoms with van der Waals surface area (Å²) in [6.45, 7) is 4.73. The zero-order valence-corrected chi connectivity index (χ0v) is 25.3. The van der Waals surface area contributed by atoms with Gasteiger partial charge in [-0.05, 0) is 77.9 Å². The van der Waals surface area contributed by atoms with Crippen molar-refractivity contribution in [3.8, 4) is 35.3 Å². The average molecular weight is 675 g/mol. The van der Waals surface area contributed by atoms with Gasteiger partial charge < -0.3 is 23.7 Å². The molecule has 0 amide bonds. The number of thiazole rings is 1. The van der Waals surface area contributed by atoms with Crippen molar-refractivity contribution in [2.75, 3.05) is 34.0 Å². The van der Waals surface area contributed by atoms with Crippen LogP contribution in [0.4, 0.5) is 0 Å². The first-order chi connectivity index (χ1) is 19.4. The highest BCUT2D eigenvalue weighted by Gasteiger charge is 2.31. The maximum Gasteiger partial charge on any atom is 0.337 e. The van der Waals surface area contributed by atoms with E-state index in [1.165, 1.54) is 36.3 Å². The first kappa shape index (κ1) is 29.2. The summed E-state index contributed by atoms with van der Waals surface area (Å²) in [6.07, 6.45) is 8.54. The van der Waals surface area contributed by atoms with Gasteiger partial charge >= 0.3 is 5.97 Å². The second-order valence-corrected chi connectivity index (χ2v) is 10.4. The van der Waals surface area contributed by atoms with Gasteiger partial charge in [0, 0.05) is 6.20 Å².